The van der Waals surface area contributed by atoms with Crippen molar-refractivity contribution in [1.29, 1.82) is 0 Å². The monoisotopic (exact) mass is 407 g/mol. The Hall–Kier alpha value is -3.36. The fourth-order valence-electron chi connectivity index (χ4n) is 2.79. The van der Waals surface area contributed by atoms with Gasteiger partial charge in [-0.2, -0.15) is 0 Å². The summed E-state index contributed by atoms with van der Waals surface area (Å²) in [6, 6.07) is 9.80. The lowest BCUT2D eigenvalue weighted by molar-refractivity contribution is -0.274. The van der Waals surface area contributed by atoms with Crippen molar-refractivity contribution >= 4 is 23.0 Å². The second kappa shape index (κ2) is 8.34. The highest BCUT2D eigenvalue weighted by Gasteiger charge is 2.31. The second-order valence-corrected chi connectivity index (χ2v) is 6.18. The van der Waals surface area contributed by atoms with Crippen LogP contribution < -0.4 is 10.1 Å². The fraction of sp³-hybridized carbons (Fsp3) is 0.200. The number of hydrogen-bond acceptors (Lipinski definition) is 3. The minimum absolute atomic E-state index is 0.123. The number of para-hydroxylation sites is 1. The molecule has 0 bridgehead atoms. The maximum Gasteiger partial charge on any atom is 0.573 e. The number of carbonyl (C=O) groups is 1. The third-order valence-corrected chi connectivity index (χ3v) is 4.14. The van der Waals surface area contributed by atoms with Crippen LogP contribution in [0, 0.1) is 5.82 Å². The van der Waals surface area contributed by atoms with E-state index in [1.807, 2.05) is 0 Å². The van der Waals surface area contributed by atoms with Crippen LogP contribution in [0.4, 0.5) is 17.6 Å². The van der Waals surface area contributed by atoms with E-state index in [2.05, 4.69) is 15.0 Å². The summed E-state index contributed by atoms with van der Waals surface area (Å²) >= 11 is 0. The number of nitrogens with one attached hydrogen (secondary N) is 1. The van der Waals surface area contributed by atoms with E-state index in [-0.39, 0.29) is 17.9 Å². The summed E-state index contributed by atoms with van der Waals surface area (Å²) in [6.45, 7) is 0.253. The zero-order valence-electron chi connectivity index (χ0n) is 15.3. The lowest BCUT2D eigenvalue weighted by atomic mass is 10.2. The molecule has 9 heteroatoms. The minimum Gasteiger partial charge on any atom is -0.405 e. The van der Waals surface area contributed by atoms with Crippen LogP contribution >= 0.6 is 0 Å². The number of nitrogens with zero attached hydrogens (tertiary/aromatic N) is 2. The van der Waals surface area contributed by atoms with Crippen LogP contribution in [0.2, 0.25) is 0 Å². The maximum atomic E-state index is 13.4. The van der Waals surface area contributed by atoms with E-state index in [4.69, 9.17) is 0 Å². The quantitative estimate of drug-likeness (QED) is 0.497. The molecule has 0 saturated carbocycles. The third-order valence-electron chi connectivity index (χ3n) is 4.14. The third kappa shape index (κ3) is 5.34. The second-order valence-electron chi connectivity index (χ2n) is 6.18. The van der Waals surface area contributed by atoms with Gasteiger partial charge in [0.05, 0.1) is 11.0 Å². The number of imidazole rings is 1. The van der Waals surface area contributed by atoms with Crippen LogP contribution in [0.15, 0.2) is 48.5 Å². The summed E-state index contributed by atoms with van der Waals surface area (Å²) < 4.78 is 56.3. The number of fused-ring (bicyclic) bond motifs is 1. The Morgan fingerprint density at radius 3 is 2.76 bits per heavy atom. The normalized spacial score (nSPS) is 11.9. The summed E-state index contributed by atoms with van der Waals surface area (Å²) in [5.74, 6) is -0.563. The number of aryl methyl sites for hydroxylation is 1. The van der Waals surface area contributed by atoms with Gasteiger partial charge in [0.2, 0.25) is 5.91 Å². The average molecular weight is 407 g/mol. The number of alkyl halides is 3. The van der Waals surface area contributed by atoms with Crippen LogP contribution in [0.1, 0.15) is 11.4 Å². The molecule has 2 aromatic carbocycles. The van der Waals surface area contributed by atoms with Gasteiger partial charge in [-0.25, -0.2) is 9.37 Å². The van der Waals surface area contributed by atoms with Gasteiger partial charge in [-0.3, -0.25) is 4.79 Å². The number of rotatable bonds is 6. The molecule has 1 heterocycles. The van der Waals surface area contributed by atoms with Crippen molar-refractivity contribution in [2.45, 2.75) is 12.8 Å². The molecule has 0 atom stereocenters. The van der Waals surface area contributed by atoms with Crippen LogP contribution in [-0.2, 0) is 18.3 Å². The molecular weight excluding hydrogens is 390 g/mol. The molecular formula is C20H17F4N3O2. The highest BCUT2D eigenvalue weighted by Crippen LogP contribution is 2.27. The van der Waals surface area contributed by atoms with Gasteiger partial charge in [0.1, 0.15) is 17.4 Å². The summed E-state index contributed by atoms with van der Waals surface area (Å²) in [6.07, 6.45) is -2.04. The predicted octanol–water partition coefficient (Wildman–Crippen LogP) is 3.98. The molecule has 1 aromatic heterocycles. The van der Waals surface area contributed by atoms with Crippen molar-refractivity contribution in [3.63, 3.8) is 0 Å². The molecule has 0 radical (unpaired) electrons. The Labute approximate surface area is 163 Å². The zero-order valence-corrected chi connectivity index (χ0v) is 15.3. The van der Waals surface area contributed by atoms with E-state index in [0.29, 0.717) is 23.3 Å². The number of halogens is 4. The molecule has 1 amide bonds. The van der Waals surface area contributed by atoms with Crippen LogP contribution in [0.3, 0.4) is 0 Å². The SMILES string of the molecule is Cn1c(CCNC(=O)C=Cc2ccccc2OC(F)(F)F)nc2ccc(F)cc21. The van der Waals surface area contributed by atoms with Gasteiger partial charge < -0.3 is 14.6 Å². The molecule has 3 rings (SSSR count). The van der Waals surface area contributed by atoms with Gasteiger partial charge in [-0.15, -0.1) is 13.2 Å². The van der Waals surface area contributed by atoms with Crippen molar-refractivity contribution in [2.75, 3.05) is 6.54 Å². The Bertz CT molecular complexity index is 1060. The summed E-state index contributed by atoms with van der Waals surface area (Å²) in [4.78, 5) is 16.4. The van der Waals surface area contributed by atoms with Crippen LogP contribution in [0.5, 0.6) is 5.75 Å². The Kier molecular flexibility index (Phi) is 5.86. The Morgan fingerprint density at radius 2 is 2.00 bits per heavy atom. The molecule has 29 heavy (non-hydrogen) atoms. The van der Waals surface area contributed by atoms with E-state index in [9.17, 15) is 22.4 Å². The van der Waals surface area contributed by atoms with Gasteiger partial charge in [0, 0.05) is 31.7 Å². The molecule has 0 spiro atoms. The highest BCUT2D eigenvalue weighted by atomic mass is 19.4. The number of amides is 1. The summed E-state index contributed by atoms with van der Waals surface area (Å²) in [5, 5.41) is 2.64. The number of ether oxygens (including phenoxy) is 1. The smallest absolute Gasteiger partial charge is 0.405 e. The number of hydrogen-bond donors (Lipinski definition) is 1. The molecule has 152 valence electrons. The van der Waals surface area contributed by atoms with Crippen molar-refractivity contribution in [3.8, 4) is 5.75 Å². The van der Waals surface area contributed by atoms with Crippen molar-refractivity contribution in [2.24, 2.45) is 7.05 Å². The first kappa shape index (κ1) is 20.4. The van der Waals surface area contributed by atoms with Gasteiger partial charge >= 0.3 is 6.36 Å². The Balaban J connectivity index is 1.59. The largest absolute Gasteiger partial charge is 0.573 e. The molecule has 0 unspecified atom stereocenters. The first-order valence-corrected chi connectivity index (χ1v) is 8.64. The van der Waals surface area contributed by atoms with Crippen molar-refractivity contribution in [3.05, 3.63) is 65.7 Å². The molecule has 0 aliphatic rings. The number of carbonyl (C=O) groups excluding carboxylic acids is 1. The molecule has 5 nitrogen and oxygen atoms in total. The van der Waals surface area contributed by atoms with E-state index in [0.717, 1.165) is 6.08 Å². The van der Waals surface area contributed by atoms with Crippen LogP contribution in [-0.4, -0.2) is 28.4 Å². The zero-order chi connectivity index (χ0) is 21.0. The first-order valence-electron chi connectivity index (χ1n) is 8.64. The average Bonchev–Trinajstić information content (AvgIpc) is 2.95. The highest BCUT2D eigenvalue weighted by molar-refractivity contribution is 5.92. The first-order chi connectivity index (χ1) is 13.7. The van der Waals surface area contributed by atoms with Crippen molar-refractivity contribution in [1.82, 2.24) is 14.9 Å². The van der Waals surface area contributed by atoms with Crippen LogP contribution in [0.25, 0.3) is 17.1 Å². The van der Waals surface area contributed by atoms with Gasteiger partial charge in [0.15, 0.2) is 0 Å². The number of aromatic nitrogens is 2. The molecule has 0 fully saturated rings. The number of benzene rings is 2. The lowest BCUT2D eigenvalue weighted by Crippen LogP contribution is -2.24. The standard InChI is InChI=1S/C20H17F4N3O2/c1-27-16-12-14(21)7-8-15(16)26-18(27)10-11-25-19(28)9-6-13-4-2-3-5-17(13)29-20(22,23)24/h2-9,12H,10-11H2,1H3,(H,25,28). The minimum atomic E-state index is -4.82. The Morgan fingerprint density at radius 1 is 1.24 bits per heavy atom. The van der Waals surface area contributed by atoms with E-state index in [1.165, 1.54) is 42.5 Å². The molecule has 0 saturated heterocycles. The maximum absolute atomic E-state index is 13.4. The molecule has 0 aliphatic heterocycles. The van der Waals surface area contributed by atoms with Gasteiger partial charge in [-0.05, 0) is 30.3 Å². The molecule has 0 aliphatic carbocycles. The predicted molar refractivity (Wildman–Crippen MR) is 99.5 cm³/mol. The van der Waals surface area contributed by atoms with Gasteiger partial charge in [-0.1, -0.05) is 18.2 Å². The van der Waals surface area contributed by atoms with E-state index < -0.39 is 18.0 Å². The van der Waals surface area contributed by atoms with E-state index >= 15 is 0 Å². The van der Waals surface area contributed by atoms with Crippen molar-refractivity contribution < 1.29 is 27.1 Å². The van der Waals surface area contributed by atoms with Gasteiger partial charge in [0.25, 0.3) is 0 Å². The summed E-state index contributed by atoms with van der Waals surface area (Å²) in [7, 11) is 1.75. The van der Waals surface area contributed by atoms with E-state index in [1.54, 1.807) is 17.7 Å². The molecule has 3 aromatic rings. The fourth-order valence-corrected chi connectivity index (χ4v) is 2.79. The summed E-state index contributed by atoms with van der Waals surface area (Å²) in [5.41, 5.74) is 1.42. The lowest BCUT2D eigenvalue weighted by Gasteiger charge is -2.10. The molecule has 1 N–H and O–H groups in total. The topological polar surface area (TPSA) is 56.2 Å².